The first-order valence-electron chi connectivity index (χ1n) is 6.10. The van der Waals surface area contributed by atoms with Crippen molar-refractivity contribution in [1.82, 2.24) is 4.57 Å². The molecule has 0 N–H and O–H groups in total. The Labute approximate surface area is 124 Å². The molecule has 106 valence electrons. The molecular weight excluding hydrogens is 293 g/mol. The zero-order valence-corrected chi connectivity index (χ0v) is 11.8. The van der Waals surface area contributed by atoms with Crippen molar-refractivity contribution in [2.45, 2.75) is 0 Å². The third kappa shape index (κ3) is 2.34. The molecule has 0 saturated heterocycles. The van der Waals surface area contributed by atoms with Crippen LogP contribution in [-0.2, 0) is 0 Å². The van der Waals surface area contributed by atoms with Gasteiger partial charge in [-0.3, -0.25) is 0 Å². The summed E-state index contributed by atoms with van der Waals surface area (Å²) in [6.45, 7) is 0. The van der Waals surface area contributed by atoms with Crippen molar-refractivity contribution in [3.8, 4) is 11.4 Å². The zero-order valence-electron chi connectivity index (χ0n) is 11.0. The van der Waals surface area contributed by atoms with Crippen LogP contribution >= 0.6 is 12.2 Å². The number of fused-ring (bicyclic) bond motifs is 1. The highest BCUT2D eigenvalue weighted by Gasteiger charge is 2.10. The van der Waals surface area contributed by atoms with Crippen LogP contribution < -0.4 is 10.5 Å². The van der Waals surface area contributed by atoms with Gasteiger partial charge in [0.25, 0.3) is 0 Å². The first-order valence-corrected chi connectivity index (χ1v) is 6.51. The summed E-state index contributed by atoms with van der Waals surface area (Å²) in [7, 11) is 1.54. The number of benzene rings is 2. The minimum Gasteiger partial charge on any atom is -0.497 e. The SMILES string of the molecule is COc1ccc2oc(=O)n(-c3ccc(F)cc3)c(=S)c2c1. The van der Waals surface area contributed by atoms with E-state index in [0.717, 1.165) is 0 Å². The Kier molecular flexibility index (Phi) is 3.31. The van der Waals surface area contributed by atoms with Crippen molar-refractivity contribution in [3.05, 3.63) is 63.5 Å². The number of rotatable bonds is 2. The second-order valence-electron chi connectivity index (χ2n) is 4.35. The van der Waals surface area contributed by atoms with E-state index in [1.165, 1.54) is 35.9 Å². The highest BCUT2D eigenvalue weighted by atomic mass is 32.1. The van der Waals surface area contributed by atoms with Gasteiger partial charge in [-0.05, 0) is 42.5 Å². The molecule has 1 aromatic heterocycles. The Morgan fingerprint density at radius 3 is 2.57 bits per heavy atom. The second-order valence-corrected chi connectivity index (χ2v) is 4.73. The number of halogens is 1. The van der Waals surface area contributed by atoms with E-state index in [0.29, 0.717) is 22.4 Å². The molecule has 4 nitrogen and oxygen atoms in total. The highest BCUT2D eigenvalue weighted by molar-refractivity contribution is 7.71. The molecule has 0 saturated carbocycles. The van der Waals surface area contributed by atoms with Gasteiger partial charge in [0.05, 0.1) is 18.2 Å². The molecule has 6 heteroatoms. The van der Waals surface area contributed by atoms with Crippen LogP contribution in [-0.4, -0.2) is 11.7 Å². The average molecular weight is 303 g/mol. The maximum absolute atomic E-state index is 13.0. The van der Waals surface area contributed by atoms with E-state index in [2.05, 4.69) is 0 Å². The van der Waals surface area contributed by atoms with E-state index in [1.807, 2.05) is 0 Å². The number of nitrogens with zero attached hydrogens (tertiary/aromatic N) is 1. The molecule has 0 atom stereocenters. The maximum Gasteiger partial charge on any atom is 0.425 e. The number of hydrogen-bond acceptors (Lipinski definition) is 4. The lowest BCUT2D eigenvalue weighted by molar-refractivity contribution is 0.414. The zero-order chi connectivity index (χ0) is 15.0. The van der Waals surface area contributed by atoms with Crippen LogP contribution in [0.4, 0.5) is 4.39 Å². The molecule has 0 unspecified atom stereocenters. The highest BCUT2D eigenvalue weighted by Crippen LogP contribution is 2.22. The first kappa shape index (κ1) is 13.5. The summed E-state index contributed by atoms with van der Waals surface area (Å²) in [5.74, 6) is -0.408. The summed E-state index contributed by atoms with van der Waals surface area (Å²) in [6.07, 6.45) is 0. The third-order valence-corrected chi connectivity index (χ3v) is 3.49. The van der Waals surface area contributed by atoms with Crippen LogP contribution in [0.15, 0.2) is 51.7 Å². The van der Waals surface area contributed by atoms with Gasteiger partial charge < -0.3 is 9.15 Å². The molecular formula is C15H10FNO3S. The van der Waals surface area contributed by atoms with Crippen molar-refractivity contribution < 1.29 is 13.5 Å². The number of aromatic nitrogens is 1. The van der Waals surface area contributed by atoms with Crippen LogP contribution in [0.5, 0.6) is 5.75 Å². The molecule has 0 amide bonds. The van der Waals surface area contributed by atoms with Crippen molar-refractivity contribution in [1.29, 1.82) is 0 Å². The van der Waals surface area contributed by atoms with Crippen LogP contribution in [0.1, 0.15) is 0 Å². The van der Waals surface area contributed by atoms with Crippen LogP contribution in [0.2, 0.25) is 0 Å². The molecule has 2 aromatic carbocycles. The standard InChI is InChI=1S/C15H10FNO3S/c1-19-11-6-7-13-12(8-11)14(21)17(15(18)20-13)10-4-2-9(16)3-5-10/h2-8H,1H3. The summed E-state index contributed by atoms with van der Waals surface area (Å²) >= 11 is 5.36. The van der Waals surface area contributed by atoms with Crippen molar-refractivity contribution in [2.24, 2.45) is 0 Å². The van der Waals surface area contributed by atoms with E-state index in [4.69, 9.17) is 21.4 Å². The molecule has 21 heavy (non-hydrogen) atoms. The third-order valence-electron chi connectivity index (χ3n) is 3.08. The molecule has 3 aromatic rings. The number of methoxy groups -OCH3 is 1. The van der Waals surface area contributed by atoms with Gasteiger partial charge in [-0.15, -0.1) is 0 Å². The van der Waals surface area contributed by atoms with Gasteiger partial charge in [-0.1, -0.05) is 12.2 Å². The van der Waals surface area contributed by atoms with Crippen LogP contribution in [0, 0.1) is 10.5 Å². The largest absolute Gasteiger partial charge is 0.497 e. The van der Waals surface area contributed by atoms with Gasteiger partial charge in [0.15, 0.2) is 0 Å². The molecule has 0 aliphatic heterocycles. The van der Waals surface area contributed by atoms with Gasteiger partial charge >= 0.3 is 5.76 Å². The topological polar surface area (TPSA) is 44.4 Å². The van der Waals surface area contributed by atoms with Crippen molar-refractivity contribution in [2.75, 3.05) is 7.11 Å². The minimum atomic E-state index is -0.621. The summed E-state index contributed by atoms with van der Waals surface area (Å²) in [5, 5.41) is 0.577. The first-order chi connectivity index (χ1) is 10.1. The van der Waals surface area contributed by atoms with Gasteiger partial charge in [0.2, 0.25) is 0 Å². The van der Waals surface area contributed by atoms with Gasteiger partial charge in [0.1, 0.15) is 21.8 Å². The molecule has 0 radical (unpaired) electrons. The molecule has 0 bridgehead atoms. The molecule has 1 heterocycles. The smallest absolute Gasteiger partial charge is 0.425 e. The Bertz CT molecular complexity index is 928. The predicted octanol–water partition coefficient (Wildman–Crippen LogP) is 3.46. The lowest BCUT2D eigenvalue weighted by Crippen LogP contribution is -2.18. The summed E-state index contributed by atoms with van der Waals surface area (Å²) in [6, 6.07) is 10.4. The lowest BCUT2D eigenvalue weighted by Gasteiger charge is -2.08. The van der Waals surface area contributed by atoms with E-state index < -0.39 is 11.6 Å². The Balaban J connectivity index is 2.35. The fourth-order valence-electron chi connectivity index (χ4n) is 2.05. The van der Waals surface area contributed by atoms with Gasteiger partial charge in [-0.25, -0.2) is 13.8 Å². The Morgan fingerprint density at radius 2 is 1.90 bits per heavy atom. The number of hydrogen-bond donors (Lipinski definition) is 0. The van der Waals surface area contributed by atoms with E-state index in [-0.39, 0.29) is 4.64 Å². The summed E-state index contributed by atoms with van der Waals surface area (Å²) < 4.78 is 24.9. The van der Waals surface area contributed by atoms with E-state index >= 15 is 0 Å². The number of ether oxygens (including phenoxy) is 1. The fourth-order valence-corrected chi connectivity index (χ4v) is 2.39. The van der Waals surface area contributed by atoms with Crippen LogP contribution in [0.3, 0.4) is 0 Å². The monoisotopic (exact) mass is 303 g/mol. The lowest BCUT2D eigenvalue weighted by atomic mass is 10.2. The van der Waals surface area contributed by atoms with Crippen molar-refractivity contribution >= 4 is 23.2 Å². The molecule has 0 aliphatic carbocycles. The maximum atomic E-state index is 13.0. The molecule has 0 spiro atoms. The van der Waals surface area contributed by atoms with Crippen molar-refractivity contribution in [3.63, 3.8) is 0 Å². The predicted molar refractivity (Wildman–Crippen MR) is 79.2 cm³/mol. The molecule has 3 rings (SSSR count). The normalized spacial score (nSPS) is 10.8. The Morgan fingerprint density at radius 1 is 1.19 bits per heavy atom. The average Bonchev–Trinajstić information content (AvgIpc) is 2.49. The van der Waals surface area contributed by atoms with Crippen LogP contribution in [0.25, 0.3) is 16.7 Å². The Hall–Kier alpha value is -2.47. The minimum absolute atomic E-state index is 0.284. The van der Waals surface area contributed by atoms with E-state index in [1.54, 1.807) is 18.2 Å². The fraction of sp³-hybridized carbons (Fsp3) is 0.0667. The second kappa shape index (κ2) is 5.14. The molecule has 0 fully saturated rings. The molecule has 0 aliphatic rings. The quantitative estimate of drug-likeness (QED) is 0.680. The summed E-state index contributed by atoms with van der Waals surface area (Å²) in [5.41, 5.74) is 0.823. The van der Waals surface area contributed by atoms with E-state index in [9.17, 15) is 9.18 Å². The van der Waals surface area contributed by atoms with Gasteiger partial charge in [0, 0.05) is 0 Å². The summed E-state index contributed by atoms with van der Waals surface area (Å²) in [4.78, 5) is 12.1. The van der Waals surface area contributed by atoms with Gasteiger partial charge in [-0.2, -0.15) is 0 Å².